The van der Waals surface area contributed by atoms with Crippen molar-refractivity contribution in [1.29, 1.82) is 0 Å². The lowest BCUT2D eigenvalue weighted by molar-refractivity contribution is 0.0754. The number of hydrogen-bond donors (Lipinski definition) is 1. The molecule has 0 aliphatic rings. The van der Waals surface area contributed by atoms with Gasteiger partial charge in [0.1, 0.15) is 0 Å². The quantitative estimate of drug-likeness (QED) is 0.878. The molecule has 0 atom stereocenters. The Kier molecular flexibility index (Phi) is 5.45. The molecule has 94 valence electrons. The molecule has 0 bridgehead atoms. The first-order valence-corrected chi connectivity index (χ1v) is 6.13. The van der Waals surface area contributed by atoms with Crippen molar-refractivity contribution >= 4 is 17.5 Å². The maximum atomic E-state index is 12.2. The van der Waals surface area contributed by atoms with Crippen molar-refractivity contribution in [2.24, 2.45) is 0 Å². The number of nitrogens with zero attached hydrogens (tertiary/aromatic N) is 1. The van der Waals surface area contributed by atoms with Crippen LogP contribution in [-0.4, -0.2) is 35.6 Å². The number of aryl methyl sites for hydroxylation is 1. The van der Waals surface area contributed by atoms with Gasteiger partial charge in [0, 0.05) is 30.3 Å². The smallest absolute Gasteiger partial charge is 0.253 e. The van der Waals surface area contributed by atoms with Crippen LogP contribution in [0.25, 0.3) is 0 Å². The summed E-state index contributed by atoms with van der Waals surface area (Å²) in [6.07, 6.45) is 0.596. The highest BCUT2D eigenvalue weighted by Crippen LogP contribution is 2.16. The summed E-state index contributed by atoms with van der Waals surface area (Å²) in [6.45, 7) is 5.12. The number of hydrogen-bond acceptors (Lipinski definition) is 2. The maximum absolute atomic E-state index is 12.2. The summed E-state index contributed by atoms with van der Waals surface area (Å²) in [5.41, 5.74) is 1.58. The molecule has 1 aromatic carbocycles. The lowest BCUT2D eigenvalue weighted by Crippen LogP contribution is -2.32. The molecule has 1 N–H and O–H groups in total. The highest BCUT2D eigenvalue weighted by atomic mass is 35.5. The summed E-state index contributed by atoms with van der Waals surface area (Å²) in [6, 6.07) is 5.33. The molecular weight excluding hydrogens is 238 g/mol. The van der Waals surface area contributed by atoms with E-state index >= 15 is 0 Å². The second-order valence-electron chi connectivity index (χ2n) is 3.98. The van der Waals surface area contributed by atoms with Gasteiger partial charge in [0.15, 0.2) is 0 Å². The topological polar surface area (TPSA) is 40.5 Å². The van der Waals surface area contributed by atoms with Gasteiger partial charge in [-0.1, -0.05) is 11.6 Å². The summed E-state index contributed by atoms with van der Waals surface area (Å²) in [7, 11) is 0. The first-order chi connectivity index (χ1) is 8.08. The standard InChI is InChI=1S/C13H18ClNO2/c1-3-15(5-4-6-16)13(17)11-7-10(2)8-12(14)9-11/h7-9,16H,3-6H2,1-2H3. The SMILES string of the molecule is CCN(CCCO)C(=O)c1cc(C)cc(Cl)c1. The Labute approximate surface area is 107 Å². The second-order valence-corrected chi connectivity index (χ2v) is 4.42. The van der Waals surface area contributed by atoms with Crippen molar-refractivity contribution in [3.05, 3.63) is 34.3 Å². The predicted molar refractivity (Wildman–Crippen MR) is 69.5 cm³/mol. The summed E-state index contributed by atoms with van der Waals surface area (Å²) in [5.74, 6) is -0.0356. The number of aliphatic hydroxyl groups excluding tert-OH is 1. The molecule has 0 unspecified atom stereocenters. The van der Waals surface area contributed by atoms with Gasteiger partial charge in [0.05, 0.1) is 0 Å². The minimum absolute atomic E-state index is 0.0356. The molecule has 0 aliphatic heterocycles. The van der Waals surface area contributed by atoms with Crippen molar-refractivity contribution in [1.82, 2.24) is 4.90 Å². The van der Waals surface area contributed by atoms with Crippen LogP contribution in [0.3, 0.4) is 0 Å². The van der Waals surface area contributed by atoms with Gasteiger partial charge in [-0.2, -0.15) is 0 Å². The zero-order valence-corrected chi connectivity index (χ0v) is 11.0. The van der Waals surface area contributed by atoms with Crippen molar-refractivity contribution in [2.75, 3.05) is 19.7 Å². The van der Waals surface area contributed by atoms with E-state index in [0.29, 0.717) is 30.1 Å². The number of rotatable bonds is 5. The van der Waals surface area contributed by atoms with Crippen molar-refractivity contribution in [2.45, 2.75) is 20.3 Å². The van der Waals surface area contributed by atoms with Crippen LogP contribution in [0.1, 0.15) is 29.3 Å². The number of carbonyl (C=O) groups is 1. The molecule has 4 heteroatoms. The highest BCUT2D eigenvalue weighted by molar-refractivity contribution is 6.31. The maximum Gasteiger partial charge on any atom is 0.253 e. The van der Waals surface area contributed by atoms with E-state index in [9.17, 15) is 4.79 Å². The molecule has 0 spiro atoms. The molecule has 1 rings (SSSR count). The Morgan fingerprint density at radius 2 is 2.12 bits per heavy atom. The van der Waals surface area contributed by atoms with Crippen molar-refractivity contribution in [3.8, 4) is 0 Å². The first-order valence-electron chi connectivity index (χ1n) is 5.75. The third-order valence-electron chi connectivity index (χ3n) is 2.54. The lowest BCUT2D eigenvalue weighted by atomic mass is 10.1. The Morgan fingerprint density at radius 3 is 2.65 bits per heavy atom. The number of aliphatic hydroxyl groups is 1. The zero-order chi connectivity index (χ0) is 12.8. The van der Waals surface area contributed by atoms with E-state index in [2.05, 4.69) is 0 Å². The van der Waals surface area contributed by atoms with Crippen LogP contribution in [0.2, 0.25) is 5.02 Å². The molecule has 3 nitrogen and oxygen atoms in total. The van der Waals surface area contributed by atoms with Crippen LogP contribution in [0.4, 0.5) is 0 Å². The molecule has 0 aromatic heterocycles. The fourth-order valence-electron chi connectivity index (χ4n) is 1.71. The fraction of sp³-hybridized carbons (Fsp3) is 0.462. The first kappa shape index (κ1) is 14.0. The zero-order valence-electron chi connectivity index (χ0n) is 10.2. The minimum Gasteiger partial charge on any atom is -0.396 e. The Balaban J connectivity index is 2.85. The van der Waals surface area contributed by atoms with E-state index in [1.54, 1.807) is 11.0 Å². The van der Waals surface area contributed by atoms with Gasteiger partial charge in [-0.3, -0.25) is 4.79 Å². The average molecular weight is 256 g/mol. The van der Waals surface area contributed by atoms with Gasteiger partial charge >= 0.3 is 0 Å². The summed E-state index contributed by atoms with van der Waals surface area (Å²) in [5, 5.41) is 9.37. The second kappa shape index (κ2) is 6.62. The molecule has 0 radical (unpaired) electrons. The molecule has 0 fully saturated rings. The van der Waals surface area contributed by atoms with E-state index in [-0.39, 0.29) is 12.5 Å². The van der Waals surface area contributed by atoms with Gasteiger partial charge in [-0.05, 0) is 44.0 Å². The van der Waals surface area contributed by atoms with Crippen LogP contribution < -0.4 is 0 Å². The monoisotopic (exact) mass is 255 g/mol. The van der Waals surface area contributed by atoms with Crippen molar-refractivity contribution < 1.29 is 9.90 Å². The molecule has 0 saturated carbocycles. The van der Waals surface area contributed by atoms with Crippen LogP contribution >= 0.6 is 11.6 Å². The van der Waals surface area contributed by atoms with Crippen molar-refractivity contribution in [3.63, 3.8) is 0 Å². The summed E-state index contributed by atoms with van der Waals surface area (Å²) in [4.78, 5) is 13.9. The van der Waals surface area contributed by atoms with E-state index in [1.165, 1.54) is 0 Å². The molecule has 0 saturated heterocycles. The van der Waals surface area contributed by atoms with Gasteiger partial charge in [0.2, 0.25) is 0 Å². The molecule has 0 aliphatic carbocycles. The normalized spacial score (nSPS) is 10.4. The Hall–Kier alpha value is -1.06. The van der Waals surface area contributed by atoms with E-state index in [4.69, 9.17) is 16.7 Å². The van der Waals surface area contributed by atoms with Gasteiger partial charge in [-0.15, -0.1) is 0 Å². The largest absolute Gasteiger partial charge is 0.396 e. The van der Waals surface area contributed by atoms with E-state index < -0.39 is 0 Å². The van der Waals surface area contributed by atoms with E-state index in [0.717, 1.165) is 5.56 Å². The third-order valence-corrected chi connectivity index (χ3v) is 2.76. The molecule has 0 heterocycles. The van der Waals surface area contributed by atoms with Crippen LogP contribution in [-0.2, 0) is 0 Å². The van der Waals surface area contributed by atoms with Gasteiger partial charge < -0.3 is 10.0 Å². The Morgan fingerprint density at radius 1 is 1.41 bits per heavy atom. The van der Waals surface area contributed by atoms with Gasteiger partial charge in [0.25, 0.3) is 5.91 Å². The molecule has 17 heavy (non-hydrogen) atoms. The number of halogens is 1. The Bertz CT molecular complexity index is 373. The number of carbonyl (C=O) groups excluding carboxylic acids is 1. The third kappa shape index (κ3) is 4.02. The lowest BCUT2D eigenvalue weighted by Gasteiger charge is -2.20. The van der Waals surface area contributed by atoms with Crippen LogP contribution in [0, 0.1) is 6.92 Å². The number of benzene rings is 1. The molecule has 1 aromatic rings. The molecular formula is C13H18ClNO2. The summed E-state index contributed by atoms with van der Waals surface area (Å²) < 4.78 is 0. The molecule has 1 amide bonds. The predicted octanol–water partition coefficient (Wildman–Crippen LogP) is 2.49. The highest BCUT2D eigenvalue weighted by Gasteiger charge is 2.14. The average Bonchev–Trinajstić information content (AvgIpc) is 2.28. The minimum atomic E-state index is -0.0356. The van der Waals surface area contributed by atoms with Crippen LogP contribution in [0.15, 0.2) is 18.2 Å². The summed E-state index contributed by atoms with van der Waals surface area (Å²) >= 11 is 5.94. The van der Waals surface area contributed by atoms with Crippen LogP contribution in [0.5, 0.6) is 0 Å². The van der Waals surface area contributed by atoms with E-state index in [1.807, 2.05) is 26.0 Å². The number of amides is 1. The fourth-order valence-corrected chi connectivity index (χ4v) is 2.00. The van der Waals surface area contributed by atoms with Gasteiger partial charge in [-0.25, -0.2) is 0 Å².